The second-order valence-electron chi connectivity index (χ2n) is 4.07. The SMILES string of the molecule is CCCNCCNc1cnn(CCOC)c(=O)c1Cl. The first-order valence-corrected chi connectivity index (χ1v) is 6.77. The van der Waals surface area contributed by atoms with Crippen LogP contribution in [-0.2, 0) is 11.3 Å². The van der Waals surface area contributed by atoms with Gasteiger partial charge in [-0.15, -0.1) is 0 Å². The Labute approximate surface area is 118 Å². The van der Waals surface area contributed by atoms with E-state index in [2.05, 4.69) is 22.7 Å². The molecule has 0 aliphatic heterocycles. The number of nitrogens with zero attached hydrogens (tertiary/aromatic N) is 2. The maximum atomic E-state index is 11.9. The first-order valence-electron chi connectivity index (χ1n) is 6.39. The van der Waals surface area contributed by atoms with E-state index in [1.54, 1.807) is 13.3 Å². The summed E-state index contributed by atoms with van der Waals surface area (Å²) in [5.41, 5.74) is 0.267. The van der Waals surface area contributed by atoms with Crippen LogP contribution in [0.1, 0.15) is 13.3 Å². The standard InChI is InChI=1S/C12H21ClN4O2/c1-3-4-14-5-6-15-10-9-16-17(7-8-19-2)12(18)11(10)13/h9,14-15H,3-8H2,1-2H3. The first-order chi connectivity index (χ1) is 9.20. The van der Waals surface area contributed by atoms with E-state index in [1.165, 1.54) is 4.68 Å². The minimum absolute atomic E-state index is 0.168. The molecule has 1 heterocycles. The molecule has 6 nitrogen and oxygen atoms in total. The van der Waals surface area contributed by atoms with Crippen molar-refractivity contribution >= 4 is 17.3 Å². The Morgan fingerprint density at radius 2 is 2.21 bits per heavy atom. The Morgan fingerprint density at radius 3 is 2.89 bits per heavy atom. The summed E-state index contributed by atoms with van der Waals surface area (Å²) in [5, 5.41) is 10.6. The van der Waals surface area contributed by atoms with Gasteiger partial charge >= 0.3 is 0 Å². The van der Waals surface area contributed by atoms with E-state index in [0.29, 0.717) is 25.4 Å². The highest BCUT2D eigenvalue weighted by Crippen LogP contribution is 2.14. The molecule has 0 aromatic carbocycles. The predicted octanol–water partition coefficient (Wildman–Crippen LogP) is 0.955. The fourth-order valence-corrected chi connectivity index (χ4v) is 1.73. The fraction of sp³-hybridized carbons (Fsp3) is 0.667. The Bertz CT molecular complexity index is 436. The van der Waals surface area contributed by atoms with E-state index in [4.69, 9.17) is 16.3 Å². The molecule has 19 heavy (non-hydrogen) atoms. The van der Waals surface area contributed by atoms with Crippen molar-refractivity contribution in [1.29, 1.82) is 0 Å². The lowest BCUT2D eigenvalue weighted by atomic mass is 10.4. The summed E-state index contributed by atoms with van der Waals surface area (Å²) in [5.74, 6) is 0. The highest BCUT2D eigenvalue weighted by Gasteiger charge is 2.08. The molecule has 0 atom stereocenters. The van der Waals surface area contributed by atoms with Gasteiger partial charge in [-0.05, 0) is 13.0 Å². The molecule has 1 aromatic rings. The van der Waals surface area contributed by atoms with Crippen LogP contribution in [0.5, 0.6) is 0 Å². The van der Waals surface area contributed by atoms with Gasteiger partial charge in [0.25, 0.3) is 5.56 Å². The lowest BCUT2D eigenvalue weighted by molar-refractivity contribution is 0.182. The van der Waals surface area contributed by atoms with Crippen molar-refractivity contribution in [2.75, 3.05) is 38.7 Å². The predicted molar refractivity (Wildman–Crippen MR) is 77.0 cm³/mol. The van der Waals surface area contributed by atoms with Crippen molar-refractivity contribution in [2.45, 2.75) is 19.9 Å². The number of hydrogen-bond acceptors (Lipinski definition) is 5. The van der Waals surface area contributed by atoms with E-state index in [1.807, 2.05) is 0 Å². The van der Waals surface area contributed by atoms with Crippen molar-refractivity contribution in [3.05, 3.63) is 21.6 Å². The molecule has 0 aliphatic rings. The molecule has 0 saturated carbocycles. The Kier molecular flexibility index (Phi) is 7.47. The van der Waals surface area contributed by atoms with Gasteiger partial charge in [0.15, 0.2) is 0 Å². The molecule has 0 bridgehead atoms. The molecule has 2 N–H and O–H groups in total. The summed E-state index contributed by atoms with van der Waals surface area (Å²) in [6, 6.07) is 0. The number of hydrogen-bond donors (Lipinski definition) is 2. The molecular weight excluding hydrogens is 268 g/mol. The average Bonchev–Trinajstić information content (AvgIpc) is 2.42. The molecule has 0 amide bonds. The summed E-state index contributed by atoms with van der Waals surface area (Å²) < 4.78 is 6.20. The number of anilines is 1. The van der Waals surface area contributed by atoms with Crippen LogP contribution < -0.4 is 16.2 Å². The van der Waals surface area contributed by atoms with Gasteiger partial charge in [-0.3, -0.25) is 4.79 Å². The van der Waals surface area contributed by atoms with Gasteiger partial charge in [-0.2, -0.15) is 5.10 Å². The van der Waals surface area contributed by atoms with Crippen LogP contribution in [0, 0.1) is 0 Å². The molecule has 7 heteroatoms. The third-order valence-corrected chi connectivity index (χ3v) is 2.90. The van der Waals surface area contributed by atoms with Crippen LogP contribution in [0.25, 0.3) is 0 Å². The summed E-state index contributed by atoms with van der Waals surface area (Å²) in [4.78, 5) is 11.9. The second-order valence-corrected chi connectivity index (χ2v) is 4.45. The van der Waals surface area contributed by atoms with Crippen molar-refractivity contribution < 1.29 is 4.74 Å². The number of methoxy groups -OCH3 is 1. The first kappa shape index (κ1) is 15.9. The van der Waals surface area contributed by atoms with E-state index < -0.39 is 0 Å². The van der Waals surface area contributed by atoms with Gasteiger partial charge in [0, 0.05) is 20.2 Å². The normalized spacial score (nSPS) is 10.7. The number of ether oxygens (including phenoxy) is 1. The van der Waals surface area contributed by atoms with Crippen LogP contribution in [0.2, 0.25) is 5.02 Å². The van der Waals surface area contributed by atoms with Crippen LogP contribution in [0.3, 0.4) is 0 Å². The number of aromatic nitrogens is 2. The van der Waals surface area contributed by atoms with Crippen molar-refractivity contribution in [3.8, 4) is 0 Å². The number of nitrogens with one attached hydrogen (secondary N) is 2. The van der Waals surface area contributed by atoms with Crippen LogP contribution in [0.15, 0.2) is 11.0 Å². The highest BCUT2D eigenvalue weighted by atomic mass is 35.5. The smallest absolute Gasteiger partial charge is 0.287 e. The van der Waals surface area contributed by atoms with Crippen LogP contribution >= 0.6 is 11.6 Å². The molecule has 0 saturated heterocycles. The summed E-state index contributed by atoms with van der Waals surface area (Å²) in [7, 11) is 1.58. The number of rotatable bonds is 9. The van der Waals surface area contributed by atoms with Crippen molar-refractivity contribution in [2.24, 2.45) is 0 Å². The van der Waals surface area contributed by atoms with Crippen LogP contribution in [0.4, 0.5) is 5.69 Å². The minimum atomic E-state index is -0.301. The van der Waals surface area contributed by atoms with Gasteiger partial charge in [0.2, 0.25) is 0 Å². The highest BCUT2D eigenvalue weighted by molar-refractivity contribution is 6.32. The molecule has 0 unspecified atom stereocenters. The van der Waals surface area contributed by atoms with Crippen molar-refractivity contribution in [1.82, 2.24) is 15.1 Å². The molecule has 108 valence electrons. The number of halogens is 1. The summed E-state index contributed by atoms with van der Waals surface area (Å²) in [6.45, 7) is 5.43. The largest absolute Gasteiger partial charge is 0.383 e. The molecule has 0 fully saturated rings. The van der Waals surface area contributed by atoms with Gasteiger partial charge in [-0.25, -0.2) is 4.68 Å². The monoisotopic (exact) mass is 288 g/mol. The van der Waals surface area contributed by atoms with Gasteiger partial charge in [0.1, 0.15) is 5.02 Å². The molecule has 0 aliphatic carbocycles. The maximum Gasteiger partial charge on any atom is 0.287 e. The van der Waals surface area contributed by atoms with Gasteiger partial charge in [0.05, 0.1) is 25.0 Å². The Balaban J connectivity index is 2.56. The summed E-state index contributed by atoms with van der Waals surface area (Å²) in [6.07, 6.45) is 2.66. The zero-order valence-electron chi connectivity index (χ0n) is 11.4. The van der Waals surface area contributed by atoms with Crippen molar-refractivity contribution in [3.63, 3.8) is 0 Å². The molecular formula is C12H21ClN4O2. The maximum absolute atomic E-state index is 11.9. The van der Waals surface area contributed by atoms with E-state index in [-0.39, 0.29) is 10.6 Å². The quantitative estimate of drug-likeness (QED) is 0.662. The lowest BCUT2D eigenvalue weighted by Crippen LogP contribution is -2.27. The molecule has 0 spiro atoms. The zero-order chi connectivity index (χ0) is 14.1. The van der Waals surface area contributed by atoms with Gasteiger partial charge < -0.3 is 15.4 Å². The topological polar surface area (TPSA) is 68.2 Å². The van der Waals surface area contributed by atoms with Gasteiger partial charge in [-0.1, -0.05) is 18.5 Å². The Hall–Kier alpha value is -1.11. The zero-order valence-corrected chi connectivity index (χ0v) is 12.2. The van der Waals surface area contributed by atoms with E-state index in [0.717, 1.165) is 19.5 Å². The van der Waals surface area contributed by atoms with Crippen LogP contribution in [-0.4, -0.2) is 43.1 Å². The van der Waals surface area contributed by atoms with E-state index >= 15 is 0 Å². The Morgan fingerprint density at radius 1 is 1.42 bits per heavy atom. The molecule has 0 radical (unpaired) electrons. The lowest BCUT2D eigenvalue weighted by Gasteiger charge is -2.10. The minimum Gasteiger partial charge on any atom is -0.383 e. The van der Waals surface area contributed by atoms with E-state index in [9.17, 15) is 4.79 Å². The molecule has 1 aromatic heterocycles. The third-order valence-electron chi connectivity index (χ3n) is 2.54. The third kappa shape index (κ3) is 5.18. The summed E-state index contributed by atoms with van der Waals surface area (Å²) >= 11 is 6.02. The second kappa shape index (κ2) is 8.90. The average molecular weight is 289 g/mol. The fourth-order valence-electron chi connectivity index (χ4n) is 1.51. The molecule has 1 rings (SSSR count).